The fourth-order valence-corrected chi connectivity index (χ4v) is 4.95. The molecule has 3 N–H and O–H groups in total. The zero-order chi connectivity index (χ0) is 27.0. The first-order chi connectivity index (χ1) is 18.6. The van der Waals surface area contributed by atoms with Gasteiger partial charge in [-0.15, -0.1) is 0 Å². The van der Waals surface area contributed by atoms with E-state index >= 15 is 0 Å². The molecule has 8 nitrogen and oxygen atoms in total. The quantitative estimate of drug-likeness (QED) is 0.412. The Morgan fingerprint density at radius 1 is 0.737 bits per heavy atom. The molecule has 4 atom stereocenters. The standard InChI is InChI=1S/C15H21NO3.C15H19NO3/c2*17-10-13-8-4-5-9-14(13)16-15(18)19-11-12-6-2-1-3-7-12/h1-3,6-7,13-14,17H,4-5,8-11H2,(H,16,18);1-3,6-7,10,13-14H,4-5,8-9,11H2,(H,16,18)/t2*13-,14+/m00/s1. The van der Waals surface area contributed by atoms with Gasteiger partial charge in [0.1, 0.15) is 19.5 Å². The summed E-state index contributed by atoms with van der Waals surface area (Å²) >= 11 is 0. The van der Waals surface area contributed by atoms with Gasteiger partial charge >= 0.3 is 12.2 Å². The minimum atomic E-state index is -0.442. The fourth-order valence-electron chi connectivity index (χ4n) is 4.95. The summed E-state index contributed by atoms with van der Waals surface area (Å²) in [5, 5.41) is 15.0. The predicted octanol–water partition coefficient (Wildman–Crippen LogP) is 5.13. The van der Waals surface area contributed by atoms with Gasteiger partial charge in [0.15, 0.2) is 0 Å². The van der Waals surface area contributed by atoms with Crippen molar-refractivity contribution in [2.24, 2.45) is 11.8 Å². The van der Waals surface area contributed by atoms with Crippen molar-refractivity contribution >= 4 is 18.5 Å². The number of hydrogen-bond acceptors (Lipinski definition) is 6. The first kappa shape index (κ1) is 29.2. The van der Waals surface area contributed by atoms with Gasteiger partial charge in [0.2, 0.25) is 0 Å². The maximum atomic E-state index is 11.7. The molecule has 2 fully saturated rings. The molecule has 0 heterocycles. The summed E-state index contributed by atoms with van der Waals surface area (Å²) in [5.41, 5.74) is 1.92. The van der Waals surface area contributed by atoms with Crippen LogP contribution in [0.5, 0.6) is 0 Å². The van der Waals surface area contributed by atoms with Gasteiger partial charge in [0, 0.05) is 30.5 Å². The molecular weight excluding hydrogens is 484 g/mol. The Labute approximate surface area is 225 Å². The van der Waals surface area contributed by atoms with E-state index < -0.39 is 12.2 Å². The predicted molar refractivity (Wildman–Crippen MR) is 144 cm³/mol. The Morgan fingerprint density at radius 3 is 1.74 bits per heavy atom. The lowest BCUT2D eigenvalue weighted by Gasteiger charge is -2.30. The Kier molecular flexibility index (Phi) is 12.6. The van der Waals surface area contributed by atoms with Crippen molar-refractivity contribution in [1.29, 1.82) is 0 Å². The molecule has 2 amide bonds. The molecule has 0 unspecified atom stereocenters. The monoisotopic (exact) mass is 524 g/mol. The van der Waals surface area contributed by atoms with Crippen LogP contribution < -0.4 is 10.6 Å². The normalized spacial score (nSPS) is 22.7. The molecule has 38 heavy (non-hydrogen) atoms. The Bertz CT molecular complexity index is 971. The third-order valence-corrected chi connectivity index (χ3v) is 7.17. The number of alkyl carbamates (subject to hydrolysis) is 2. The van der Waals surface area contributed by atoms with Crippen molar-refractivity contribution in [2.75, 3.05) is 6.61 Å². The summed E-state index contributed by atoms with van der Waals surface area (Å²) in [5.74, 6) is 0.0936. The van der Waals surface area contributed by atoms with Crippen LogP contribution in [-0.4, -0.2) is 42.3 Å². The molecule has 2 aliphatic rings. The molecule has 2 saturated carbocycles. The van der Waals surface area contributed by atoms with E-state index in [4.69, 9.17) is 9.47 Å². The zero-order valence-corrected chi connectivity index (χ0v) is 21.9. The highest BCUT2D eigenvalue weighted by molar-refractivity contribution is 5.69. The molecule has 2 aliphatic carbocycles. The van der Waals surface area contributed by atoms with Crippen LogP contribution in [0.25, 0.3) is 0 Å². The average Bonchev–Trinajstić information content (AvgIpc) is 2.97. The molecule has 0 aromatic heterocycles. The number of aldehydes is 1. The van der Waals surface area contributed by atoms with E-state index in [9.17, 15) is 19.5 Å². The molecule has 4 rings (SSSR count). The van der Waals surface area contributed by atoms with Crippen molar-refractivity contribution < 1.29 is 29.0 Å². The SMILES string of the molecule is O=C(N[C@@H]1CCCC[C@H]1CO)OCc1ccccc1.O=C[C@@H]1CCCC[C@H]1NC(=O)OCc1ccccc1. The second-order valence-electron chi connectivity index (χ2n) is 9.94. The van der Waals surface area contributed by atoms with Gasteiger partial charge in [-0.05, 0) is 36.8 Å². The summed E-state index contributed by atoms with van der Waals surface area (Å²) in [6.45, 7) is 0.665. The minimum absolute atomic E-state index is 0.0435. The molecule has 0 saturated heterocycles. The molecule has 8 heteroatoms. The number of rotatable bonds is 8. The van der Waals surface area contributed by atoms with Crippen molar-refractivity contribution in [3.05, 3.63) is 71.8 Å². The second kappa shape index (κ2) is 16.5. The number of carbonyl (C=O) groups is 3. The van der Waals surface area contributed by atoms with E-state index in [1.165, 1.54) is 0 Å². The molecule has 0 spiro atoms. The molecule has 0 radical (unpaired) electrons. The highest BCUT2D eigenvalue weighted by Gasteiger charge is 2.27. The van der Waals surface area contributed by atoms with E-state index in [1.54, 1.807) is 0 Å². The van der Waals surface area contributed by atoms with Crippen molar-refractivity contribution in [3.63, 3.8) is 0 Å². The summed E-state index contributed by atoms with van der Waals surface area (Å²) in [4.78, 5) is 34.4. The van der Waals surface area contributed by atoms with Gasteiger partial charge in [-0.1, -0.05) is 86.3 Å². The lowest BCUT2D eigenvalue weighted by atomic mass is 9.85. The first-order valence-corrected chi connectivity index (χ1v) is 13.6. The van der Waals surface area contributed by atoms with Gasteiger partial charge in [-0.3, -0.25) is 0 Å². The van der Waals surface area contributed by atoms with Crippen LogP contribution in [0.3, 0.4) is 0 Å². The highest BCUT2D eigenvalue weighted by atomic mass is 16.6. The number of aliphatic hydroxyl groups is 1. The Hall–Kier alpha value is -3.39. The molecule has 0 aliphatic heterocycles. The third-order valence-electron chi connectivity index (χ3n) is 7.17. The maximum Gasteiger partial charge on any atom is 0.407 e. The van der Waals surface area contributed by atoms with Crippen molar-refractivity contribution in [1.82, 2.24) is 10.6 Å². The van der Waals surface area contributed by atoms with Crippen LogP contribution in [0.2, 0.25) is 0 Å². The van der Waals surface area contributed by atoms with Crippen LogP contribution >= 0.6 is 0 Å². The van der Waals surface area contributed by atoms with Crippen molar-refractivity contribution in [3.8, 4) is 0 Å². The van der Waals surface area contributed by atoms with Crippen LogP contribution in [0.4, 0.5) is 9.59 Å². The number of amides is 2. The molecule has 206 valence electrons. The lowest BCUT2D eigenvalue weighted by molar-refractivity contribution is -0.112. The van der Waals surface area contributed by atoms with E-state index in [1.807, 2.05) is 60.7 Å². The van der Waals surface area contributed by atoms with Crippen LogP contribution in [0.15, 0.2) is 60.7 Å². The lowest BCUT2D eigenvalue weighted by Crippen LogP contribution is -2.43. The summed E-state index contributed by atoms with van der Waals surface area (Å²) < 4.78 is 10.3. The number of ether oxygens (including phenoxy) is 2. The summed E-state index contributed by atoms with van der Waals surface area (Å²) in [6, 6.07) is 19.1. The Balaban J connectivity index is 0.000000211. The summed E-state index contributed by atoms with van der Waals surface area (Å²) in [7, 11) is 0. The van der Waals surface area contributed by atoms with E-state index in [-0.39, 0.29) is 43.7 Å². The van der Waals surface area contributed by atoms with Gasteiger partial charge < -0.3 is 30.0 Å². The summed E-state index contributed by atoms with van der Waals surface area (Å²) in [6.07, 6.45) is 8.04. The molecule has 2 aromatic carbocycles. The first-order valence-electron chi connectivity index (χ1n) is 13.6. The average molecular weight is 525 g/mol. The maximum absolute atomic E-state index is 11.7. The molecule has 2 aromatic rings. The van der Waals surface area contributed by atoms with Gasteiger partial charge in [-0.25, -0.2) is 9.59 Å². The smallest absolute Gasteiger partial charge is 0.407 e. The number of carbonyl (C=O) groups excluding carboxylic acids is 3. The van der Waals surface area contributed by atoms with Crippen LogP contribution in [-0.2, 0) is 27.5 Å². The highest BCUT2D eigenvalue weighted by Crippen LogP contribution is 2.24. The van der Waals surface area contributed by atoms with Gasteiger partial charge in [0.05, 0.1) is 0 Å². The number of aliphatic hydroxyl groups excluding tert-OH is 1. The number of nitrogens with one attached hydrogen (secondary N) is 2. The fraction of sp³-hybridized carbons (Fsp3) is 0.500. The van der Waals surface area contributed by atoms with Crippen molar-refractivity contribution in [2.45, 2.75) is 76.7 Å². The van der Waals surface area contributed by atoms with E-state index in [0.29, 0.717) is 0 Å². The largest absolute Gasteiger partial charge is 0.445 e. The van der Waals surface area contributed by atoms with Gasteiger partial charge in [0.25, 0.3) is 0 Å². The van der Waals surface area contributed by atoms with E-state index in [0.717, 1.165) is 68.8 Å². The second-order valence-corrected chi connectivity index (χ2v) is 9.94. The molecular formula is C30H40N2O6. The molecule has 0 bridgehead atoms. The van der Waals surface area contributed by atoms with E-state index in [2.05, 4.69) is 10.6 Å². The minimum Gasteiger partial charge on any atom is -0.445 e. The topological polar surface area (TPSA) is 114 Å². The Morgan fingerprint density at radius 2 is 1.21 bits per heavy atom. The zero-order valence-electron chi connectivity index (χ0n) is 21.9. The number of hydrogen-bond donors (Lipinski definition) is 3. The van der Waals surface area contributed by atoms with Crippen LogP contribution in [0.1, 0.15) is 62.5 Å². The van der Waals surface area contributed by atoms with Crippen LogP contribution in [0, 0.1) is 11.8 Å². The van der Waals surface area contributed by atoms with Gasteiger partial charge in [-0.2, -0.15) is 0 Å². The third kappa shape index (κ3) is 10.2. The number of benzene rings is 2.